The predicted octanol–water partition coefficient (Wildman–Crippen LogP) is 4.62. The third-order valence-electron chi connectivity index (χ3n) is 4.55. The van der Waals surface area contributed by atoms with E-state index in [1.54, 1.807) is 24.3 Å². The molecule has 0 radical (unpaired) electrons. The van der Waals surface area contributed by atoms with Crippen LogP contribution in [0.2, 0.25) is 0 Å². The van der Waals surface area contributed by atoms with Crippen molar-refractivity contribution >= 4 is 5.91 Å². The molecule has 0 fully saturated rings. The van der Waals surface area contributed by atoms with E-state index in [-0.39, 0.29) is 17.7 Å². The van der Waals surface area contributed by atoms with Crippen LogP contribution >= 0.6 is 0 Å². The van der Waals surface area contributed by atoms with E-state index < -0.39 is 6.10 Å². The molecule has 2 atom stereocenters. The zero-order valence-electron chi connectivity index (χ0n) is 15.4. The smallest absolute Gasteiger partial charge is 0.254 e. The van der Waals surface area contributed by atoms with Crippen molar-refractivity contribution in [3.63, 3.8) is 0 Å². The second kappa shape index (κ2) is 8.52. The van der Waals surface area contributed by atoms with Crippen LogP contribution in [0.15, 0.2) is 78.9 Å². The minimum atomic E-state index is -0.725. The molecule has 0 bridgehead atoms. The van der Waals surface area contributed by atoms with Gasteiger partial charge in [-0.25, -0.2) is 0 Å². The highest BCUT2D eigenvalue weighted by atomic mass is 16.5. The van der Waals surface area contributed by atoms with Gasteiger partial charge in [-0.2, -0.15) is 0 Å². The Bertz CT molecular complexity index is 874. The van der Waals surface area contributed by atoms with Gasteiger partial charge in [-0.1, -0.05) is 66.7 Å². The van der Waals surface area contributed by atoms with Crippen molar-refractivity contribution < 1.29 is 14.6 Å². The monoisotopic (exact) mass is 361 g/mol. The Hall–Kier alpha value is -3.11. The number of methoxy groups -OCH3 is 1. The molecule has 27 heavy (non-hydrogen) atoms. The SMILES string of the molecule is COC(C(=O)NC(C)c1ccc(-c2ccccc2)cc1)c1ccc(O)cc1. The molecule has 4 heteroatoms. The summed E-state index contributed by atoms with van der Waals surface area (Å²) >= 11 is 0. The summed E-state index contributed by atoms with van der Waals surface area (Å²) in [6.45, 7) is 1.94. The van der Waals surface area contributed by atoms with E-state index in [0.717, 1.165) is 16.7 Å². The molecule has 1 amide bonds. The molecular weight excluding hydrogens is 338 g/mol. The zero-order chi connectivity index (χ0) is 19.2. The molecule has 0 aliphatic carbocycles. The van der Waals surface area contributed by atoms with Gasteiger partial charge in [0.25, 0.3) is 5.91 Å². The van der Waals surface area contributed by atoms with Crippen molar-refractivity contribution in [2.45, 2.75) is 19.1 Å². The molecule has 2 N–H and O–H groups in total. The van der Waals surface area contributed by atoms with Gasteiger partial charge in [0.15, 0.2) is 6.10 Å². The summed E-state index contributed by atoms with van der Waals surface area (Å²) in [6, 6.07) is 24.6. The van der Waals surface area contributed by atoms with Crippen LogP contribution in [-0.4, -0.2) is 18.1 Å². The molecule has 4 nitrogen and oxygen atoms in total. The van der Waals surface area contributed by atoms with E-state index in [1.165, 1.54) is 7.11 Å². The maximum atomic E-state index is 12.6. The Morgan fingerprint density at radius 3 is 2.00 bits per heavy atom. The van der Waals surface area contributed by atoms with Crippen molar-refractivity contribution in [2.75, 3.05) is 7.11 Å². The molecule has 3 rings (SSSR count). The summed E-state index contributed by atoms with van der Waals surface area (Å²) in [5, 5.41) is 12.4. The number of hydrogen-bond acceptors (Lipinski definition) is 3. The molecular formula is C23H23NO3. The molecule has 3 aromatic carbocycles. The van der Waals surface area contributed by atoms with E-state index >= 15 is 0 Å². The van der Waals surface area contributed by atoms with Crippen LogP contribution in [0, 0.1) is 0 Å². The van der Waals surface area contributed by atoms with Crippen LogP contribution in [0.5, 0.6) is 5.75 Å². The van der Waals surface area contributed by atoms with E-state index in [4.69, 9.17) is 4.74 Å². The summed E-state index contributed by atoms with van der Waals surface area (Å²) in [4.78, 5) is 12.6. The second-order valence-electron chi connectivity index (χ2n) is 6.43. The highest BCUT2D eigenvalue weighted by molar-refractivity contribution is 5.82. The Morgan fingerprint density at radius 1 is 0.852 bits per heavy atom. The summed E-state index contributed by atoms with van der Waals surface area (Å²) in [5.74, 6) is -0.0660. The number of aromatic hydroxyl groups is 1. The fourth-order valence-electron chi connectivity index (χ4n) is 3.01. The van der Waals surface area contributed by atoms with E-state index in [1.807, 2.05) is 37.3 Å². The number of phenols is 1. The van der Waals surface area contributed by atoms with Crippen LogP contribution in [0.4, 0.5) is 0 Å². The quantitative estimate of drug-likeness (QED) is 0.673. The summed E-state index contributed by atoms with van der Waals surface area (Å²) in [7, 11) is 1.50. The van der Waals surface area contributed by atoms with Gasteiger partial charge in [-0.15, -0.1) is 0 Å². The number of rotatable bonds is 6. The standard InChI is InChI=1S/C23H23NO3/c1-16(17-8-10-19(11-9-17)18-6-4-3-5-7-18)24-23(26)22(27-2)20-12-14-21(25)15-13-20/h3-16,22,25H,1-2H3,(H,24,26). The lowest BCUT2D eigenvalue weighted by Crippen LogP contribution is -2.32. The number of phenolic OH excluding ortho intramolecular Hbond substituents is 1. The average molecular weight is 361 g/mol. The topological polar surface area (TPSA) is 58.6 Å². The van der Waals surface area contributed by atoms with Crippen molar-refractivity contribution in [1.29, 1.82) is 0 Å². The maximum Gasteiger partial charge on any atom is 0.254 e. The first-order valence-corrected chi connectivity index (χ1v) is 8.86. The third kappa shape index (κ3) is 4.54. The Labute approximate surface area is 159 Å². The lowest BCUT2D eigenvalue weighted by atomic mass is 10.0. The molecule has 2 unspecified atom stereocenters. The molecule has 0 saturated carbocycles. The van der Waals surface area contributed by atoms with Gasteiger partial charge in [0, 0.05) is 7.11 Å². The van der Waals surface area contributed by atoms with E-state index in [9.17, 15) is 9.90 Å². The van der Waals surface area contributed by atoms with Crippen molar-refractivity contribution in [3.8, 4) is 16.9 Å². The molecule has 138 valence electrons. The largest absolute Gasteiger partial charge is 0.508 e. The normalized spacial score (nSPS) is 13.0. The number of hydrogen-bond donors (Lipinski definition) is 2. The fourth-order valence-corrected chi connectivity index (χ4v) is 3.01. The highest BCUT2D eigenvalue weighted by Gasteiger charge is 2.22. The van der Waals surface area contributed by atoms with Crippen LogP contribution in [0.3, 0.4) is 0 Å². The number of amides is 1. The Balaban J connectivity index is 1.69. The minimum Gasteiger partial charge on any atom is -0.508 e. The molecule has 0 aliphatic rings. The average Bonchev–Trinajstić information content (AvgIpc) is 2.71. The predicted molar refractivity (Wildman–Crippen MR) is 106 cm³/mol. The fraction of sp³-hybridized carbons (Fsp3) is 0.174. The summed E-state index contributed by atoms with van der Waals surface area (Å²) < 4.78 is 5.36. The number of benzene rings is 3. The first kappa shape index (κ1) is 18.7. The van der Waals surface area contributed by atoms with Crippen molar-refractivity contribution in [1.82, 2.24) is 5.32 Å². The first-order valence-electron chi connectivity index (χ1n) is 8.86. The third-order valence-corrected chi connectivity index (χ3v) is 4.55. The van der Waals surface area contributed by atoms with E-state index in [2.05, 4.69) is 29.6 Å². The second-order valence-corrected chi connectivity index (χ2v) is 6.43. The summed E-state index contributed by atoms with van der Waals surface area (Å²) in [5.41, 5.74) is 4.01. The van der Waals surface area contributed by atoms with E-state index in [0.29, 0.717) is 5.56 Å². The van der Waals surface area contributed by atoms with Crippen LogP contribution in [-0.2, 0) is 9.53 Å². The molecule has 0 aliphatic heterocycles. The molecule has 0 heterocycles. The van der Waals surface area contributed by atoms with Crippen LogP contribution < -0.4 is 5.32 Å². The van der Waals surface area contributed by atoms with Crippen LogP contribution in [0.1, 0.15) is 30.2 Å². The minimum absolute atomic E-state index is 0.154. The molecule has 0 spiro atoms. The molecule has 0 saturated heterocycles. The zero-order valence-corrected chi connectivity index (χ0v) is 15.4. The first-order chi connectivity index (χ1) is 13.1. The van der Waals surface area contributed by atoms with Gasteiger partial charge >= 0.3 is 0 Å². The lowest BCUT2D eigenvalue weighted by molar-refractivity contribution is -0.132. The van der Waals surface area contributed by atoms with Gasteiger partial charge < -0.3 is 15.2 Å². The number of ether oxygens (including phenoxy) is 1. The Morgan fingerprint density at radius 2 is 1.41 bits per heavy atom. The van der Waals surface area contributed by atoms with Crippen LogP contribution in [0.25, 0.3) is 11.1 Å². The number of carbonyl (C=O) groups is 1. The summed E-state index contributed by atoms with van der Waals surface area (Å²) in [6.07, 6.45) is -0.725. The maximum absolute atomic E-state index is 12.6. The number of carbonyl (C=O) groups excluding carboxylic acids is 1. The van der Waals surface area contributed by atoms with Crippen molar-refractivity contribution in [2.24, 2.45) is 0 Å². The molecule has 3 aromatic rings. The van der Waals surface area contributed by atoms with Gasteiger partial charge in [-0.3, -0.25) is 4.79 Å². The number of nitrogens with one attached hydrogen (secondary N) is 1. The highest BCUT2D eigenvalue weighted by Crippen LogP contribution is 2.24. The lowest BCUT2D eigenvalue weighted by Gasteiger charge is -2.20. The van der Waals surface area contributed by atoms with Crippen molar-refractivity contribution in [3.05, 3.63) is 90.0 Å². The Kier molecular flexibility index (Phi) is 5.89. The van der Waals surface area contributed by atoms with Gasteiger partial charge in [0.1, 0.15) is 5.75 Å². The van der Waals surface area contributed by atoms with Gasteiger partial charge in [0.2, 0.25) is 0 Å². The molecule has 0 aromatic heterocycles. The van der Waals surface area contributed by atoms with Gasteiger partial charge in [0.05, 0.1) is 6.04 Å². The van der Waals surface area contributed by atoms with Gasteiger partial charge in [-0.05, 0) is 41.3 Å².